The van der Waals surface area contributed by atoms with Crippen LogP contribution in [0, 0.1) is 0 Å². The number of fused-ring (bicyclic) bond motifs is 2. The highest BCUT2D eigenvalue weighted by atomic mass is 16.3. The van der Waals surface area contributed by atoms with Gasteiger partial charge in [0.05, 0.1) is 17.0 Å². The van der Waals surface area contributed by atoms with E-state index in [1.54, 1.807) is 35.2 Å². The van der Waals surface area contributed by atoms with Crippen LogP contribution < -0.4 is 5.43 Å². The van der Waals surface area contributed by atoms with E-state index in [0.717, 1.165) is 5.56 Å². The van der Waals surface area contributed by atoms with E-state index in [0.29, 0.717) is 23.1 Å². The molecule has 1 aromatic heterocycles. The molecule has 0 N–H and O–H groups in total. The molecule has 4 heteroatoms. The van der Waals surface area contributed by atoms with E-state index in [4.69, 9.17) is 4.42 Å². The lowest BCUT2D eigenvalue weighted by Crippen LogP contribution is -2.29. The second kappa shape index (κ2) is 5.49. The van der Waals surface area contributed by atoms with E-state index in [-0.39, 0.29) is 17.1 Å². The minimum Gasteiger partial charge on any atom is -0.450 e. The van der Waals surface area contributed by atoms with E-state index >= 15 is 0 Å². The van der Waals surface area contributed by atoms with Crippen molar-refractivity contribution in [2.24, 2.45) is 0 Å². The summed E-state index contributed by atoms with van der Waals surface area (Å²) in [6.07, 6.45) is 1.66. The van der Waals surface area contributed by atoms with Crippen LogP contribution in [0.25, 0.3) is 11.0 Å². The van der Waals surface area contributed by atoms with Crippen LogP contribution in [0.5, 0.6) is 0 Å². The lowest BCUT2D eigenvalue weighted by Gasteiger charge is -2.23. The summed E-state index contributed by atoms with van der Waals surface area (Å²) >= 11 is 0. The first-order valence-electron chi connectivity index (χ1n) is 7.75. The van der Waals surface area contributed by atoms with Crippen molar-refractivity contribution >= 4 is 16.9 Å². The molecule has 0 aliphatic carbocycles. The third kappa shape index (κ3) is 2.00. The van der Waals surface area contributed by atoms with Gasteiger partial charge in [0, 0.05) is 6.54 Å². The molecule has 2 heterocycles. The van der Waals surface area contributed by atoms with E-state index in [2.05, 4.69) is 6.58 Å². The van der Waals surface area contributed by atoms with Crippen molar-refractivity contribution in [3.05, 3.63) is 94.4 Å². The normalized spacial score (nSPS) is 16.4. The molecule has 0 saturated carbocycles. The van der Waals surface area contributed by atoms with Gasteiger partial charge in [0.15, 0.2) is 5.43 Å². The second-order valence-electron chi connectivity index (χ2n) is 5.73. The average molecular weight is 317 g/mol. The number of rotatable bonds is 3. The zero-order chi connectivity index (χ0) is 16.7. The van der Waals surface area contributed by atoms with Gasteiger partial charge in [-0.25, -0.2) is 0 Å². The number of nitrogens with zero attached hydrogens (tertiary/aromatic N) is 1. The fraction of sp³-hybridized carbons (Fsp3) is 0.100. The minimum atomic E-state index is -0.451. The molecule has 4 rings (SSSR count). The Morgan fingerprint density at radius 3 is 2.50 bits per heavy atom. The number of amides is 1. The van der Waals surface area contributed by atoms with Crippen molar-refractivity contribution in [1.82, 2.24) is 4.90 Å². The van der Waals surface area contributed by atoms with Crippen LogP contribution in [0.15, 0.2) is 76.5 Å². The molecule has 3 aromatic rings. The number of carbonyl (C=O) groups excluding carboxylic acids is 1. The summed E-state index contributed by atoms with van der Waals surface area (Å²) in [6, 6.07) is 16.1. The number of carbonyl (C=O) groups is 1. The van der Waals surface area contributed by atoms with E-state index in [1.165, 1.54) is 0 Å². The lowest BCUT2D eigenvalue weighted by molar-refractivity contribution is 0.0748. The van der Waals surface area contributed by atoms with E-state index in [1.807, 2.05) is 30.3 Å². The summed E-state index contributed by atoms with van der Waals surface area (Å²) in [5, 5.41) is 0.491. The molecule has 1 aliphatic heterocycles. The third-order valence-corrected chi connectivity index (χ3v) is 4.31. The first kappa shape index (κ1) is 14.5. The van der Waals surface area contributed by atoms with Gasteiger partial charge in [-0.1, -0.05) is 48.5 Å². The summed E-state index contributed by atoms with van der Waals surface area (Å²) in [6.45, 7) is 4.07. The number of para-hydroxylation sites is 1. The molecule has 1 atom stereocenters. The van der Waals surface area contributed by atoms with Gasteiger partial charge in [-0.3, -0.25) is 9.59 Å². The smallest absolute Gasteiger partial charge is 0.291 e. The van der Waals surface area contributed by atoms with Gasteiger partial charge in [0.25, 0.3) is 5.91 Å². The molecule has 24 heavy (non-hydrogen) atoms. The Labute approximate surface area is 138 Å². The Morgan fingerprint density at radius 1 is 1.04 bits per heavy atom. The highest BCUT2D eigenvalue weighted by Gasteiger charge is 2.41. The van der Waals surface area contributed by atoms with E-state index in [9.17, 15) is 9.59 Å². The first-order valence-corrected chi connectivity index (χ1v) is 7.75. The fourth-order valence-electron chi connectivity index (χ4n) is 3.28. The summed E-state index contributed by atoms with van der Waals surface area (Å²) in [4.78, 5) is 27.5. The average Bonchev–Trinajstić information content (AvgIpc) is 2.89. The van der Waals surface area contributed by atoms with Gasteiger partial charge < -0.3 is 9.32 Å². The maximum atomic E-state index is 13.0. The molecular weight excluding hydrogens is 302 g/mol. The third-order valence-electron chi connectivity index (χ3n) is 4.31. The van der Waals surface area contributed by atoms with Gasteiger partial charge in [0.1, 0.15) is 5.58 Å². The lowest BCUT2D eigenvalue weighted by atomic mass is 9.98. The Morgan fingerprint density at radius 2 is 1.75 bits per heavy atom. The van der Waals surface area contributed by atoms with Crippen LogP contribution in [-0.4, -0.2) is 17.4 Å². The van der Waals surface area contributed by atoms with Gasteiger partial charge in [-0.15, -0.1) is 6.58 Å². The van der Waals surface area contributed by atoms with Gasteiger partial charge in [0.2, 0.25) is 5.76 Å². The van der Waals surface area contributed by atoms with Crippen molar-refractivity contribution in [3.63, 3.8) is 0 Å². The SMILES string of the molecule is C=CCN1C(=O)c2oc3ccccc3c(=O)c2C1c1ccccc1. The van der Waals surface area contributed by atoms with Gasteiger partial charge >= 0.3 is 0 Å². The maximum Gasteiger partial charge on any atom is 0.291 e. The molecule has 4 nitrogen and oxygen atoms in total. The second-order valence-corrected chi connectivity index (χ2v) is 5.73. The molecule has 0 radical (unpaired) electrons. The first-order chi connectivity index (χ1) is 11.7. The topological polar surface area (TPSA) is 50.5 Å². The minimum absolute atomic E-state index is 0.134. The molecule has 1 aliphatic rings. The van der Waals surface area contributed by atoms with Crippen molar-refractivity contribution in [1.29, 1.82) is 0 Å². The summed E-state index contributed by atoms with van der Waals surface area (Å²) in [5.41, 5.74) is 1.57. The standard InChI is InChI=1S/C20H15NO3/c1-2-12-21-17(13-8-4-3-5-9-13)16-18(22)14-10-6-7-11-15(14)24-19(16)20(21)23/h2-11,17H,1,12H2. The molecule has 2 aromatic carbocycles. The summed E-state index contributed by atoms with van der Waals surface area (Å²) < 4.78 is 5.80. The van der Waals surface area contributed by atoms with Crippen LogP contribution in [0.2, 0.25) is 0 Å². The summed E-state index contributed by atoms with van der Waals surface area (Å²) in [7, 11) is 0. The van der Waals surface area contributed by atoms with Crippen LogP contribution >= 0.6 is 0 Å². The van der Waals surface area contributed by atoms with Crippen molar-refractivity contribution < 1.29 is 9.21 Å². The quantitative estimate of drug-likeness (QED) is 0.694. The molecule has 1 unspecified atom stereocenters. The van der Waals surface area contributed by atoms with Crippen LogP contribution in [-0.2, 0) is 0 Å². The zero-order valence-electron chi connectivity index (χ0n) is 12.9. The van der Waals surface area contributed by atoms with Crippen molar-refractivity contribution in [2.45, 2.75) is 6.04 Å². The number of hydrogen-bond acceptors (Lipinski definition) is 3. The molecule has 0 fully saturated rings. The van der Waals surface area contributed by atoms with E-state index < -0.39 is 6.04 Å². The fourth-order valence-corrected chi connectivity index (χ4v) is 3.28. The Balaban J connectivity index is 2.04. The molecule has 118 valence electrons. The molecule has 0 bridgehead atoms. The Hall–Kier alpha value is -3.14. The Bertz CT molecular complexity index is 1000. The van der Waals surface area contributed by atoms with Gasteiger partial charge in [-0.2, -0.15) is 0 Å². The monoisotopic (exact) mass is 317 g/mol. The summed E-state index contributed by atoms with van der Waals surface area (Å²) in [5.74, 6) is -0.143. The van der Waals surface area contributed by atoms with Crippen LogP contribution in [0.4, 0.5) is 0 Å². The van der Waals surface area contributed by atoms with Gasteiger partial charge in [-0.05, 0) is 17.7 Å². The maximum absolute atomic E-state index is 13.0. The molecule has 0 saturated heterocycles. The van der Waals surface area contributed by atoms with Crippen LogP contribution in [0.3, 0.4) is 0 Å². The zero-order valence-corrected chi connectivity index (χ0v) is 12.9. The Kier molecular flexibility index (Phi) is 3.31. The predicted molar refractivity (Wildman–Crippen MR) is 92.0 cm³/mol. The molecular formula is C20H15NO3. The van der Waals surface area contributed by atoms with Crippen LogP contribution in [0.1, 0.15) is 27.7 Å². The van der Waals surface area contributed by atoms with Crippen molar-refractivity contribution in [2.75, 3.05) is 6.54 Å². The van der Waals surface area contributed by atoms with Crippen molar-refractivity contribution in [3.8, 4) is 0 Å². The molecule has 0 spiro atoms. The number of hydrogen-bond donors (Lipinski definition) is 0. The predicted octanol–water partition coefficient (Wildman–Crippen LogP) is 3.52. The molecule has 1 amide bonds. The largest absolute Gasteiger partial charge is 0.450 e. The number of benzene rings is 2. The highest BCUT2D eigenvalue weighted by molar-refractivity contribution is 5.99. The highest BCUT2D eigenvalue weighted by Crippen LogP contribution is 2.37.